The highest BCUT2D eigenvalue weighted by Crippen LogP contribution is 2.06. The molecule has 5 nitrogen and oxygen atoms in total. The molecule has 0 aliphatic carbocycles. The van der Waals surface area contributed by atoms with Crippen molar-refractivity contribution < 1.29 is 4.74 Å². The molecule has 0 aromatic carbocycles. The second-order valence-electron chi connectivity index (χ2n) is 3.02. The maximum atomic E-state index is 5.54. The summed E-state index contributed by atoms with van der Waals surface area (Å²) in [5.74, 6) is 0. The Hall–Kier alpha value is -1.01. The van der Waals surface area contributed by atoms with E-state index in [1.54, 1.807) is 4.68 Å². The van der Waals surface area contributed by atoms with Gasteiger partial charge in [-0.25, -0.2) is 4.68 Å². The molecule has 0 saturated carbocycles. The molecule has 0 bridgehead atoms. The minimum Gasteiger partial charge on any atom is -0.388 e. The maximum absolute atomic E-state index is 5.54. The Balaban J connectivity index is 2.75. The minimum absolute atomic E-state index is 0.300. The van der Waals surface area contributed by atoms with Crippen LogP contribution in [0.25, 0.3) is 0 Å². The van der Waals surface area contributed by atoms with Gasteiger partial charge in [-0.05, 0) is 13.3 Å². The maximum Gasteiger partial charge on any atom is 0.143 e. The fourth-order valence-corrected chi connectivity index (χ4v) is 1.51. The van der Waals surface area contributed by atoms with Gasteiger partial charge >= 0.3 is 0 Å². The number of nitrogens with two attached hydrogens (primary N) is 1. The number of nitrogens with zero attached hydrogens (tertiary/aromatic N) is 3. The standard InChI is InChI=1S/C9H16N4OS/c1-3-7-8(9(10)15)11-12-13(7)5-6-14-4-2/h3-6H2,1-2H3,(H2,10,15). The smallest absolute Gasteiger partial charge is 0.143 e. The second kappa shape index (κ2) is 5.77. The van der Waals surface area contributed by atoms with Crippen LogP contribution in [0, 0.1) is 0 Å². The molecule has 0 radical (unpaired) electrons. The van der Waals surface area contributed by atoms with E-state index in [0.29, 0.717) is 30.4 Å². The normalized spacial score (nSPS) is 10.5. The van der Waals surface area contributed by atoms with Crippen LogP contribution >= 0.6 is 12.2 Å². The topological polar surface area (TPSA) is 66.0 Å². The molecule has 1 aromatic heterocycles. The first-order valence-electron chi connectivity index (χ1n) is 5.00. The van der Waals surface area contributed by atoms with Gasteiger partial charge < -0.3 is 10.5 Å². The summed E-state index contributed by atoms with van der Waals surface area (Å²) in [5.41, 5.74) is 7.15. The summed E-state index contributed by atoms with van der Waals surface area (Å²) < 4.78 is 7.05. The van der Waals surface area contributed by atoms with Crippen LogP contribution in [0.4, 0.5) is 0 Å². The van der Waals surface area contributed by atoms with Crippen molar-refractivity contribution in [1.82, 2.24) is 15.0 Å². The zero-order valence-electron chi connectivity index (χ0n) is 9.06. The molecule has 2 N–H and O–H groups in total. The number of aromatic nitrogens is 3. The lowest BCUT2D eigenvalue weighted by Gasteiger charge is -2.05. The fourth-order valence-electron chi connectivity index (χ4n) is 1.35. The van der Waals surface area contributed by atoms with Gasteiger partial charge in [0, 0.05) is 6.61 Å². The van der Waals surface area contributed by atoms with Crippen LogP contribution in [0.3, 0.4) is 0 Å². The number of ether oxygens (including phenoxy) is 1. The largest absolute Gasteiger partial charge is 0.388 e. The fraction of sp³-hybridized carbons (Fsp3) is 0.667. The first-order chi connectivity index (χ1) is 7.20. The predicted molar refractivity (Wildman–Crippen MR) is 61.8 cm³/mol. The third kappa shape index (κ3) is 2.97. The summed E-state index contributed by atoms with van der Waals surface area (Å²) in [6.07, 6.45) is 0.811. The van der Waals surface area contributed by atoms with Crippen LogP contribution in [-0.4, -0.2) is 33.2 Å². The Kier molecular flexibility index (Phi) is 4.64. The average Bonchev–Trinajstić information content (AvgIpc) is 2.61. The van der Waals surface area contributed by atoms with Crippen LogP contribution in [0.2, 0.25) is 0 Å². The zero-order valence-corrected chi connectivity index (χ0v) is 9.88. The number of thiocarbonyl (C=S) groups is 1. The van der Waals surface area contributed by atoms with E-state index < -0.39 is 0 Å². The van der Waals surface area contributed by atoms with Crippen molar-refractivity contribution in [3.63, 3.8) is 0 Å². The minimum atomic E-state index is 0.300. The first-order valence-corrected chi connectivity index (χ1v) is 5.41. The molecule has 0 spiro atoms. The number of hydrogen-bond acceptors (Lipinski definition) is 4. The quantitative estimate of drug-likeness (QED) is 0.567. The van der Waals surface area contributed by atoms with Gasteiger partial charge in [0.1, 0.15) is 10.7 Å². The third-order valence-electron chi connectivity index (χ3n) is 2.06. The highest BCUT2D eigenvalue weighted by molar-refractivity contribution is 7.80. The summed E-state index contributed by atoms with van der Waals surface area (Å²) in [6, 6.07) is 0. The monoisotopic (exact) mass is 228 g/mol. The molecule has 0 fully saturated rings. The van der Waals surface area contributed by atoms with Crippen molar-refractivity contribution >= 4 is 17.2 Å². The third-order valence-corrected chi connectivity index (χ3v) is 2.25. The lowest BCUT2D eigenvalue weighted by molar-refractivity contribution is 0.135. The van der Waals surface area contributed by atoms with Crippen LogP contribution < -0.4 is 5.73 Å². The molecule has 84 valence electrons. The van der Waals surface area contributed by atoms with Crippen molar-refractivity contribution in [3.05, 3.63) is 11.4 Å². The van der Waals surface area contributed by atoms with Gasteiger partial charge in [0.25, 0.3) is 0 Å². The average molecular weight is 228 g/mol. The van der Waals surface area contributed by atoms with E-state index in [4.69, 9.17) is 22.7 Å². The molecule has 0 aliphatic heterocycles. The van der Waals surface area contributed by atoms with Gasteiger partial charge in [0.2, 0.25) is 0 Å². The Bertz CT molecular complexity index is 337. The van der Waals surface area contributed by atoms with Crippen molar-refractivity contribution in [2.45, 2.75) is 26.8 Å². The Morgan fingerprint density at radius 1 is 1.53 bits per heavy atom. The van der Waals surface area contributed by atoms with Gasteiger partial charge in [0.05, 0.1) is 18.8 Å². The zero-order chi connectivity index (χ0) is 11.3. The molecule has 0 atom stereocenters. The molecule has 0 saturated heterocycles. The highest BCUT2D eigenvalue weighted by atomic mass is 32.1. The molecule has 1 aromatic rings. The van der Waals surface area contributed by atoms with E-state index in [1.165, 1.54) is 0 Å². The molecule has 0 aliphatic rings. The lowest BCUT2D eigenvalue weighted by Crippen LogP contribution is -2.15. The molecule has 0 unspecified atom stereocenters. The predicted octanol–water partition coefficient (Wildman–Crippen LogP) is 0.511. The van der Waals surface area contributed by atoms with E-state index in [-0.39, 0.29) is 0 Å². The van der Waals surface area contributed by atoms with Crippen LogP contribution in [0.5, 0.6) is 0 Å². The summed E-state index contributed by atoms with van der Waals surface area (Å²) in [6.45, 7) is 6.01. The highest BCUT2D eigenvalue weighted by Gasteiger charge is 2.12. The molecular formula is C9H16N4OS. The van der Waals surface area contributed by atoms with Gasteiger partial charge in [0.15, 0.2) is 0 Å². The molecular weight excluding hydrogens is 212 g/mol. The van der Waals surface area contributed by atoms with Crippen LogP contribution in [0.15, 0.2) is 0 Å². The molecule has 6 heteroatoms. The lowest BCUT2D eigenvalue weighted by atomic mass is 10.2. The van der Waals surface area contributed by atoms with Gasteiger partial charge in [-0.3, -0.25) is 0 Å². The van der Waals surface area contributed by atoms with E-state index in [2.05, 4.69) is 10.3 Å². The van der Waals surface area contributed by atoms with Crippen LogP contribution in [-0.2, 0) is 17.7 Å². The van der Waals surface area contributed by atoms with E-state index in [9.17, 15) is 0 Å². The van der Waals surface area contributed by atoms with Crippen molar-refractivity contribution in [2.75, 3.05) is 13.2 Å². The summed E-state index contributed by atoms with van der Waals surface area (Å²) in [5, 5.41) is 7.96. The molecule has 1 rings (SSSR count). The van der Waals surface area contributed by atoms with Gasteiger partial charge in [-0.2, -0.15) is 0 Å². The molecule has 0 amide bonds. The summed E-state index contributed by atoms with van der Waals surface area (Å²) in [7, 11) is 0. The second-order valence-corrected chi connectivity index (χ2v) is 3.46. The first kappa shape index (κ1) is 12.1. The molecule has 1 heterocycles. The van der Waals surface area contributed by atoms with Crippen molar-refractivity contribution in [1.29, 1.82) is 0 Å². The summed E-state index contributed by atoms with van der Waals surface area (Å²) >= 11 is 4.90. The van der Waals surface area contributed by atoms with E-state index in [0.717, 1.165) is 12.1 Å². The molecule has 15 heavy (non-hydrogen) atoms. The SMILES string of the molecule is CCOCCn1nnc(C(N)=S)c1CC. The van der Waals surface area contributed by atoms with Gasteiger partial charge in [-0.15, -0.1) is 5.10 Å². The summed E-state index contributed by atoms with van der Waals surface area (Å²) in [4.78, 5) is 0.300. The van der Waals surface area contributed by atoms with Crippen molar-refractivity contribution in [2.24, 2.45) is 5.73 Å². The van der Waals surface area contributed by atoms with Crippen LogP contribution in [0.1, 0.15) is 25.2 Å². The Morgan fingerprint density at radius 3 is 2.80 bits per heavy atom. The van der Waals surface area contributed by atoms with Crippen molar-refractivity contribution in [3.8, 4) is 0 Å². The van der Waals surface area contributed by atoms with Gasteiger partial charge in [-0.1, -0.05) is 24.4 Å². The Labute approximate surface area is 94.6 Å². The van der Waals surface area contributed by atoms with E-state index in [1.807, 2.05) is 13.8 Å². The Morgan fingerprint density at radius 2 is 2.27 bits per heavy atom. The number of hydrogen-bond donors (Lipinski definition) is 1. The van der Waals surface area contributed by atoms with E-state index >= 15 is 0 Å². The number of rotatable bonds is 6.